The van der Waals surface area contributed by atoms with Crippen molar-refractivity contribution in [3.8, 4) is 63.2 Å². The molecule has 2 fully saturated rings. The number of alkyl carbamates (subject to hydrolysis) is 1. The number of aliphatic hydroxyl groups is 1. The average Bonchev–Trinajstić information content (AvgIpc) is 1.61. The van der Waals surface area contributed by atoms with E-state index in [4.69, 9.17) is 83.9 Å². The first kappa shape index (κ1) is 114. The number of benzene rings is 12. The Balaban J connectivity index is 0.000000198. The maximum Gasteiger partial charge on any atom is 0.415 e. The third-order valence-electron chi connectivity index (χ3n) is 22.4. The van der Waals surface area contributed by atoms with Gasteiger partial charge in [0.1, 0.15) is 69.3 Å². The highest BCUT2D eigenvalue weighted by Gasteiger charge is 2.45. The van der Waals surface area contributed by atoms with E-state index >= 15 is 0 Å². The first-order valence-electron chi connectivity index (χ1n) is 50.6. The second-order valence-corrected chi connectivity index (χ2v) is 34.4. The number of nitrogens with two attached hydrogens (primary N) is 3. The molecule has 27 heteroatoms. The summed E-state index contributed by atoms with van der Waals surface area (Å²) in [6.07, 6.45) is 8.43. The number of hydrogen-bond acceptors (Lipinski definition) is 24. The van der Waals surface area contributed by atoms with Crippen LogP contribution in [0.25, 0.3) is 0 Å². The van der Waals surface area contributed by atoms with Gasteiger partial charge in [-0.3, -0.25) is 19.3 Å². The van der Waals surface area contributed by atoms with Gasteiger partial charge in [0.15, 0.2) is 23.7 Å². The molecule has 2 heterocycles. The van der Waals surface area contributed by atoms with E-state index < -0.39 is 42.4 Å². The summed E-state index contributed by atoms with van der Waals surface area (Å²) >= 11 is 0. The lowest BCUT2D eigenvalue weighted by Gasteiger charge is -2.26. The van der Waals surface area contributed by atoms with Gasteiger partial charge in [-0.15, -0.1) is 0 Å². The molecule has 0 saturated carbocycles. The largest absolute Gasteiger partial charge is 0.494 e. The Bertz CT molecular complexity index is 5730. The van der Waals surface area contributed by atoms with Crippen LogP contribution >= 0.6 is 0 Å². The number of ether oxygens (including phenoxy) is 13. The molecule has 2 amide bonds. The second-order valence-electron chi connectivity index (χ2n) is 34.4. The van der Waals surface area contributed by atoms with Crippen molar-refractivity contribution in [3.63, 3.8) is 0 Å². The predicted molar refractivity (Wildman–Crippen MR) is 573 cm³/mol. The number of carbonyl (C=O) groups excluding carboxylic acids is 4. The van der Waals surface area contributed by atoms with Crippen LogP contribution in [-0.4, -0.2) is 124 Å². The number of cyclic esters (lactones) is 2. The molecular formula is C119H144N6O21. The van der Waals surface area contributed by atoms with E-state index in [0.29, 0.717) is 124 Å². The summed E-state index contributed by atoms with van der Waals surface area (Å²) in [6.45, 7) is 30.1. The van der Waals surface area contributed by atoms with Crippen molar-refractivity contribution >= 4 is 52.5 Å². The van der Waals surface area contributed by atoms with Gasteiger partial charge >= 0.3 is 18.2 Å². The van der Waals surface area contributed by atoms with Crippen LogP contribution < -0.4 is 79.5 Å². The minimum Gasteiger partial charge on any atom is -0.494 e. The van der Waals surface area contributed by atoms with Gasteiger partial charge in [-0.2, -0.15) is 0 Å². The van der Waals surface area contributed by atoms with Gasteiger partial charge in [0.05, 0.1) is 114 Å². The number of aliphatic carboxylic acids is 1. The van der Waals surface area contributed by atoms with E-state index in [2.05, 4.69) is 65.9 Å². The Kier molecular flexibility index (Phi) is 49.4. The fourth-order valence-corrected chi connectivity index (χ4v) is 14.8. The monoisotopic (exact) mass is 1990 g/mol. The molecule has 0 aromatic heterocycles. The molecule has 6 atom stereocenters. The average molecular weight is 1990 g/mol. The summed E-state index contributed by atoms with van der Waals surface area (Å²) < 4.78 is 72.7. The molecular weight excluding hydrogens is 1850 g/mol. The number of aliphatic hydroxyl groups excluding tert-OH is 1. The number of carbonyl (C=O) groups is 5. The second kappa shape index (κ2) is 63.0. The number of nitrogens with zero attached hydrogens (tertiary/aromatic N) is 2. The molecule has 0 aliphatic carbocycles. The van der Waals surface area contributed by atoms with Crippen LogP contribution in [0.5, 0.6) is 63.2 Å². The third kappa shape index (κ3) is 37.2. The maximum absolute atomic E-state index is 13.1. The molecule has 10 N–H and O–H groups in total. The molecule has 27 nitrogen and oxygen atoms in total. The van der Waals surface area contributed by atoms with Gasteiger partial charge in [-0.25, -0.2) is 9.59 Å². The molecule has 0 spiro atoms. The van der Waals surface area contributed by atoms with Gasteiger partial charge < -0.3 is 99.5 Å². The standard InChI is InChI=1S/C27H31N3O4.C21H25NO4.C20H23NO4.C20H27NO3.C20H24O3.C11H14O3/c1-3-15-32-21-10-5-18(6-11-21)25-26(19-7-12-22(13-8-19)33-16-4-2)34-27(31)30(25)20-9-14-23(28)24(29)17-20;1-3-13-24-17-9-5-15(6-10-17)19-20(26-21(23)22-19)16-7-11-18(12-8-16)25-14-4-2;1-3-13-24-17-9-5-15(6-10-17)19(21-23)20(22)16-7-11-18(12-8-16)25-14-4-2;1-3-13-23-17-9-5-15(6-10-17)19(21)20(22)16-7-11-18(12-8-16)24-14-4-2;1-3-13-22-18-9-5-16(6-10-18)15-20(21)17-7-11-19(12-8-17)23-14-4-2;1-2-7-14-10-5-3-9(4-6-10)8-11(12)13/h5-14,17,25-26H,3-4,15-16,28-29H2,1-2H3;5-12,19-20H,3-4,13-14H2,1-2H3,(H,22,23);5-12,23H,3-4,13-14H2,1-2H3;5-12,19-20,22H,3-4,13-14,21H2,1-2H3;5-12H,3-4,13-15H2,1-2H3;3-6H,2,7-8H2,1H3,(H,12,13)/b;;21-19-;;;. The Morgan fingerprint density at radius 3 is 0.979 bits per heavy atom. The molecule has 12 aromatic rings. The Morgan fingerprint density at radius 1 is 0.349 bits per heavy atom. The minimum absolute atomic E-state index is 0.00994. The molecule has 2 saturated heterocycles. The van der Waals surface area contributed by atoms with Crippen LogP contribution in [0, 0.1) is 0 Å². The van der Waals surface area contributed by atoms with Crippen LogP contribution in [0.1, 0.15) is 254 Å². The number of anilines is 3. The van der Waals surface area contributed by atoms with E-state index in [9.17, 15) is 34.3 Å². The molecule has 776 valence electrons. The van der Waals surface area contributed by atoms with E-state index in [-0.39, 0.29) is 35.8 Å². The minimum atomic E-state index is -0.813. The van der Waals surface area contributed by atoms with E-state index in [1.165, 1.54) is 0 Å². The lowest BCUT2D eigenvalue weighted by molar-refractivity contribution is -0.136. The number of carboxylic acid groups (broad SMARTS) is 1. The zero-order valence-electron chi connectivity index (χ0n) is 85.9. The van der Waals surface area contributed by atoms with Gasteiger partial charge in [-0.05, 0) is 303 Å². The summed E-state index contributed by atoms with van der Waals surface area (Å²) in [4.78, 5) is 61.9. The van der Waals surface area contributed by atoms with Crippen molar-refractivity contribution in [3.05, 3.63) is 346 Å². The van der Waals surface area contributed by atoms with Crippen molar-refractivity contribution in [2.45, 2.75) is 196 Å². The number of rotatable bonds is 49. The highest BCUT2D eigenvalue weighted by atomic mass is 16.6. The molecule has 14 rings (SSSR count). The SMILES string of the molecule is CCCOc1ccc(C(=O)/C(=N\O)c2ccc(OCCC)cc2)cc1.CCCOc1ccc(C(N)C(O)c2ccc(OCCC)cc2)cc1.CCCOc1ccc(C2NC(=O)OC2c2ccc(OCCC)cc2)cc1.CCCOc1ccc(C2OC(=O)N(c3ccc(N)c(N)c3)C2c2ccc(OCCC)cc2)cc1.CCCOc1ccc(CC(=O)O)cc1.CCCOc1ccc(CC(=O)c2ccc(OCCC)cc2)cc1. The lowest BCUT2D eigenvalue weighted by atomic mass is 9.94. The molecule has 0 bridgehead atoms. The van der Waals surface area contributed by atoms with Crippen LogP contribution in [0.3, 0.4) is 0 Å². The van der Waals surface area contributed by atoms with Gasteiger partial charge in [-0.1, -0.05) is 178 Å². The summed E-state index contributed by atoms with van der Waals surface area (Å²) in [5.41, 5.74) is 28.5. The predicted octanol–water partition coefficient (Wildman–Crippen LogP) is 25.8. The van der Waals surface area contributed by atoms with Crippen molar-refractivity contribution < 1.29 is 101 Å². The maximum atomic E-state index is 13.1. The van der Waals surface area contributed by atoms with E-state index in [1.54, 1.807) is 95.9 Å². The fraction of sp³-hybridized carbons (Fsp3) is 0.345. The topological polar surface area (TPSA) is 372 Å². The number of nitrogens with one attached hydrogen (secondary N) is 1. The molecule has 12 aromatic carbocycles. The Hall–Kier alpha value is -15.2. The Morgan fingerprint density at radius 2 is 0.644 bits per heavy atom. The van der Waals surface area contributed by atoms with Crippen LogP contribution in [0.4, 0.5) is 26.7 Å². The number of amides is 2. The quantitative estimate of drug-likeness (QED) is 0.00612. The fourth-order valence-electron chi connectivity index (χ4n) is 14.8. The summed E-state index contributed by atoms with van der Waals surface area (Å²) in [5, 5.41) is 34.5. The highest BCUT2D eigenvalue weighted by Crippen LogP contribution is 2.47. The van der Waals surface area contributed by atoms with Gasteiger partial charge in [0.2, 0.25) is 5.78 Å². The molecule has 146 heavy (non-hydrogen) atoms. The van der Waals surface area contributed by atoms with Crippen LogP contribution in [0.2, 0.25) is 0 Å². The summed E-state index contributed by atoms with van der Waals surface area (Å²) in [5.74, 6) is 7.65. The van der Waals surface area contributed by atoms with Crippen molar-refractivity contribution in [2.75, 3.05) is 89.0 Å². The zero-order valence-corrected chi connectivity index (χ0v) is 85.9. The first-order chi connectivity index (χ1) is 71.0. The summed E-state index contributed by atoms with van der Waals surface area (Å²) in [6, 6.07) is 86.0. The van der Waals surface area contributed by atoms with E-state index in [1.807, 2.05) is 215 Å². The van der Waals surface area contributed by atoms with Crippen LogP contribution in [-0.2, 0) is 27.1 Å². The number of ketones is 2. The van der Waals surface area contributed by atoms with Crippen molar-refractivity contribution in [1.82, 2.24) is 5.32 Å². The number of nitrogen functional groups attached to an aromatic ring is 2. The molecule has 2 aliphatic rings. The van der Waals surface area contributed by atoms with Crippen molar-refractivity contribution in [1.29, 1.82) is 0 Å². The van der Waals surface area contributed by atoms with E-state index in [0.717, 1.165) is 167 Å². The molecule has 2 aliphatic heterocycles. The molecule has 0 radical (unpaired) electrons. The van der Waals surface area contributed by atoms with Gasteiger partial charge in [0, 0.05) is 23.1 Å². The number of Topliss-reactive ketones (excluding diaryl/α,β-unsaturated/α-hetero) is 2. The third-order valence-corrected chi connectivity index (χ3v) is 22.4. The molecule has 6 unspecified atom stereocenters. The number of hydrogen-bond donors (Lipinski definition) is 7. The Labute approximate surface area is 859 Å². The van der Waals surface area contributed by atoms with Crippen LogP contribution in [0.15, 0.2) is 290 Å². The zero-order chi connectivity index (χ0) is 105. The highest BCUT2D eigenvalue weighted by molar-refractivity contribution is 6.51. The van der Waals surface area contributed by atoms with Crippen molar-refractivity contribution in [2.24, 2.45) is 10.9 Å². The lowest BCUT2D eigenvalue weighted by Crippen LogP contribution is -2.28. The smallest absolute Gasteiger partial charge is 0.415 e. The number of carboxylic acids is 1. The first-order valence-corrected chi connectivity index (χ1v) is 50.6. The normalized spacial score (nSPS) is 14.1. The van der Waals surface area contributed by atoms with Gasteiger partial charge in [0.25, 0.3) is 0 Å². The summed E-state index contributed by atoms with van der Waals surface area (Å²) in [7, 11) is 0. The number of oxime groups is 1.